The van der Waals surface area contributed by atoms with E-state index in [0.717, 1.165) is 128 Å². The summed E-state index contributed by atoms with van der Waals surface area (Å²) in [5, 5.41) is 24.5. The minimum Gasteiger partial charge on any atom is -0.247 e. The first kappa shape index (κ1) is 63.6. The third-order valence-corrected chi connectivity index (χ3v) is 21.6. The first-order chi connectivity index (χ1) is 54.5. The Hall–Kier alpha value is -14.9. The van der Waals surface area contributed by atoms with Gasteiger partial charge in [-0.05, 0) is 109 Å². The van der Waals surface area contributed by atoms with Gasteiger partial charge in [0.15, 0.2) is 11.6 Å². The predicted molar refractivity (Wildman–Crippen MR) is 456 cm³/mol. The summed E-state index contributed by atoms with van der Waals surface area (Å²) in [6.45, 7) is 0. The van der Waals surface area contributed by atoms with Gasteiger partial charge in [-0.25, -0.2) is 29.0 Å². The van der Waals surface area contributed by atoms with Gasteiger partial charge < -0.3 is 0 Å². The van der Waals surface area contributed by atoms with E-state index < -0.39 is 0 Å². The van der Waals surface area contributed by atoms with Crippen molar-refractivity contribution in [1.29, 1.82) is 0 Å². The van der Waals surface area contributed by atoms with E-state index in [1.54, 1.807) is 0 Å². The average Bonchev–Trinajstić information content (AvgIpc) is 1.05. The molecule has 8 heteroatoms. The normalized spacial score (nSPS) is 11.6. The molecule has 0 aliphatic heterocycles. The van der Waals surface area contributed by atoms with Crippen LogP contribution in [0.1, 0.15) is 0 Å². The molecule has 0 amide bonds. The Balaban J connectivity index is 0.000000140. The number of nitrogens with zero attached hydrogens (tertiary/aromatic N) is 8. The van der Waals surface area contributed by atoms with Gasteiger partial charge >= 0.3 is 0 Å². The van der Waals surface area contributed by atoms with Crippen molar-refractivity contribution < 1.29 is 0 Å². The largest absolute Gasteiger partial charge is 0.247 e. The van der Waals surface area contributed by atoms with Gasteiger partial charge in [-0.3, -0.25) is 0 Å². The van der Waals surface area contributed by atoms with Crippen molar-refractivity contribution in [3.05, 3.63) is 388 Å². The zero-order valence-corrected chi connectivity index (χ0v) is 59.5. The molecule has 512 valence electrons. The van der Waals surface area contributed by atoms with Crippen molar-refractivity contribution >= 4 is 97.7 Å². The highest BCUT2D eigenvalue weighted by Crippen LogP contribution is 2.42. The van der Waals surface area contributed by atoms with Gasteiger partial charge in [0.05, 0.1) is 55.9 Å². The monoisotopic (exact) mass is 1400 g/mol. The van der Waals surface area contributed by atoms with Crippen molar-refractivity contribution in [3.8, 4) is 112 Å². The maximum absolute atomic E-state index is 5.20. The lowest BCUT2D eigenvalue weighted by Crippen LogP contribution is -1.99. The van der Waals surface area contributed by atoms with Gasteiger partial charge in [-0.1, -0.05) is 346 Å². The molecule has 0 radical (unpaired) electrons. The Bertz CT molecular complexity index is 7310. The van der Waals surface area contributed by atoms with Crippen molar-refractivity contribution in [1.82, 2.24) is 39.2 Å². The van der Waals surface area contributed by atoms with E-state index in [4.69, 9.17) is 30.1 Å². The Labute approximate surface area is 633 Å². The summed E-state index contributed by atoms with van der Waals surface area (Å²) in [4.78, 5) is 20.4. The highest BCUT2D eigenvalue weighted by atomic mass is 15.3. The molecule has 0 bridgehead atoms. The minimum atomic E-state index is 0.831. The second-order valence-corrected chi connectivity index (χ2v) is 28.1. The van der Waals surface area contributed by atoms with Gasteiger partial charge in [0.2, 0.25) is 0 Å². The quantitative estimate of drug-likeness (QED) is 0.127. The highest BCUT2D eigenvalue weighted by Gasteiger charge is 2.20. The lowest BCUT2D eigenvalue weighted by molar-refractivity contribution is 0.949. The van der Waals surface area contributed by atoms with Crippen LogP contribution in [0, 0.1) is 0 Å². The topological polar surface area (TPSA) is 86.2 Å². The smallest absolute Gasteiger partial charge is 0.161 e. The highest BCUT2D eigenvalue weighted by molar-refractivity contribution is 6.24. The van der Waals surface area contributed by atoms with E-state index >= 15 is 0 Å². The number of fused-ring (bicyclic) bond motifs is 16. The number of para-hydroxylation sites is 4. The van der Waals surface area contributed by atoms with Crippen molar-refractivity contribution in [2.45, 2.75) is 0 Å². The third kappa shape index (κ3) is 11.2. The van der Waals surface area contributed by atoms with Crippen LogP contribution in [0.15, 0.2) is 388 Å². The molecule has 0 saturated heterocycles. The molecular formula is C102H64N8. The van der Waals surface area contributed by atoms with E-state index in [2.05, 4.69) is 340 Å². The molecule has 22 rings (SSSR count). The number of pyridine rings is 2. The molecule has 16 aromatic carbocycles. The van der Waals surface area contributed by atoms with Crippen LogP contribution in [-0.2, 0) is 0 Å². The first-order valence-corrected chi connectivity index (χ1v) is 37.2. The maximum atomic E-state index is 5.20. The minimum absolute atomic E-state index is 0.831. The summed E-state index contributed by atoms with van der Waals surface area (Å²) < 4.78 is 3.96. The summed E-state index contributed by atoms with van der Waals surface area (Å²) in [5.41, 5.74) is 25.6. The number of hydrogen-bond acceptors (Lipinski definition) is 6. The molecule has 0 spiro atoms. The molecule has 22 aromatic rings. The molecule has 0 saturated carbocycles. The van der Waals surface area contributed by atoms with Crippen molar-refractivity contribution in [3.63, 3.8) is 0 Å². The predicted octanol–water partition coefficient (Wildman–Crippen LogP) is 26.1. The van der Waals surface area contributed by atoms with E-state index in [0.29, 0.717) is 0 Å². The van der Waals surface area contributed by atoms with E-state index in [1.165, 1.54) is 81.7 Å². The molecule has 8 nitrogen and oxygen atoms in total. The van der Waals surface area contributed by atoms with Crippen LogP contribution in [0.4, 0.5) is 0 Å². The number of hydrogen-bond donors (Lipinski definition) is 0. The maximum Gasteiger partial charge on any atom is 0.161 e. The summed E-state index contributed by atoms with van der Waals surface area (Å²) in [5.74, 6) is 1.66. The van der Waals surface area contributed by atoms with Crippen LogP contribution in [0.2, 0.25) is 0 Å². The van der Waals surface area contributed by atoms with Gasteiger partial charge in [-0.2, -0.15) is 10.2 Å². The standard InChI is InChI=1S/2C51H32N4/c1-2-12-38(13-3-1)51-53-45-19-8-6-17-42(45)48-32-47(54-55(48)51)36-25-21-33(22-26-36)39-14-10-15-40(31-39)34-23-27-37(28-24-34)50-44-30-29-35-11-4-5-16-41(35)49(44)43-18-7-9-20-46(43)52-50;1-2-11-40(12-3-1)51-53-45-16-8-6-14-42(45)48-32-47(54-55(48)51)38-26-22-35(23-27-38)33-18-20-34(21-19-33)36-24-28-39(29-25-36)50-44-31-30-37-10-4-5-13-41(37)49(44)43-15-7-9-17-46(43)52-50/h2*1-32H. The van der Waals surface area contributed by atoms with Crippen LogP contribution in [0.5, 0.6) is 0 Å². The molecule has 110 heavy (non-hydrogen) atoms. The Kier molecular flexibility index (Phi) is 15.4. The van der Waals surface area contributed by atoms with E-state index in [1.807, 2.05) is 57.6 Å². The summed E-state index contributed by atoms with van der Waals surface area (Å²) in [6, 6.07) is 137. The summed E-state index contributed by atoms with van der Waals surface area (Å²) in [7, 11) is 0. The fourth-order valence-electron chi connectivity index (χ4n) is 16.1. The summed E-state index contributed by atoms with van der Waals surface area (Å²) in [6.07, 6.45) is 0. The fourth-order valence-corrected chi connectivity index (χ4v) is 16.1. The number of benzene rings is 16. The van der Waals surface area contributed by atoms with Crippen molar-refractivity contribution in [2.24, 2.45) is 0 Å². The second kappa shape index (κ2) is 26.6. The molecule has 0 aliphatic carbocycles. The van der Waals surface area contributed by atoms with Crippen LogP contribution in [0.3, 0.4) is 0 Å². The summed E-state index contributed by atoms with van der Waals surface area (Å²) >= 11 is 0. The van der Waals surface area contributed by atoms with Crippen LogP contribution < -0.4 is 0 Å². The molecule has 0 N–H and O–H groups in total. The molecule has 6 heterocycles. The number of rotatable bonds is 10. The third-order valence-electron chi connectivity index (χ3n) is 21.6. The average molecular weight is 1400 g/mol. The van der Waals surface area contributed by atoms with Crippen LogP contribution in [-0.4, -0.2) is 39.2 Å². The lowest BCUT2D eigenvalue weighted by atomic mass is 9.94. The van der Waals surface area contributed by atoms with E-state index in [9.17, 15) is 0 Å². The molecule has 6 aromatic heterocycles. The fraction of sp³-hybridized carbons (Fsp3) is 0. The molecule has 0 unspecified atom stereocenters. The van der Waals surface area contributed by atoms with Gasteiger partial charge in [0, 0.05) is 76.5 Å². The molecule has 0 aliphatic rings. The van der Waals surface area contributed by atoms with Crippen LogP contribution in [0.25, 0.3) is 210 Å². The zero-order chi connectivity index (χ0) is 72.6. The lowest BCUT2D eigenvalue weighted by Gasteiger charge is -2.13. The molecular weight excluding hydrogens is 1340 g/mol. The Morgan fingerprint density at radius 3 is 0.845 bits per heavy atom. The zero-order valence-electron chi connectivity index (χ0n) is 59.5. The first-order valence-electron chi connectivity index (χ1n) is 37.2. The van der Waals surface area contributed by atoms with Gasteiger partial charge in [0.25, 0.3) is 0 Å². The Morgan fingerprint density at radius 2 is 0.464 bits per heavy atom. The van der Waals surface area contributed by atoms with Gasteiger partial charge in [0.1, 0.15) is 0 Å². The number of aromatic nitrogens is 8. The van der Waals surface area contributed by atoms with E-state index in [-0.39, 0.29) is 0 Å². The SMILES string of the molecule is c1ccc(-c2nc3ccccc3c3cc(-c4ccc(-c5ccc(-c6ccc(-c7nc8ccccc8c8c7ccc7ccccc78)cc6)cc5)cc4)nn23)cc1.c1ccc(-c2nc3ccccc3c3cc(-c4ccc(-c5cccc(-c6ccc(-c7nc8ccccc8c8c7ccc7ccccc78)cc6)c5)cc4)nn23)cc1. The van der Waals surface area contributed by atoms with Gasteiger partial charge in [-0.15, -0.1) is 0 Å². The molecule has 0 atom stereocenters. The molecule has 0 fully saturated rings. The van der Waals surface area contributed by atoms with Crippen molar-refractivity contribution in [2.75, 3.05) is 0 Å². The van der Waals surface area contributed by atoms with Crippen LogP contribution >= 0.6 is 0 Å². The Morgan fingerprint density at radius 1 is 0.173 bits per heavy atom. The second-order valence-electron chi connectivity index (χ2n) is 28.1.